The fourth-order valence-corrected chi connectivity index (χ4v) is 3.52. The number of rotatable bonds is 3. The molecular formula is C20H24N4O2. The molecule has 3 heterocycles. The van der Waals surface area contributed by atoms with Gasteiger partial charge in [0.15, 0.2) is 0 Å². The van der Waals surface area contributed by atoms with E-state index in [0.717, 1.165) is 25.5 Å². The summed E-state index contributed by atoms with van der Waals surface area (Å²) in [4.78, 5) is 21.2. The molecule has 2 saturated heterocycles. The van der Waals surface area contributed by atoms with Gasteiger partial charge in [0.05, 0.1) is 18.8 Å². The summed E-state index contributed by atoms with van der Waals surface area (Å²) in [6.07, 6.45) is 1.70. The van der Waals surface area contributed by atoms with E-state index in [1.54, 1.807) is 6.20 Å². The maximum atomic E-state index is 12.5. The van der Waals surface area contributed by atoms with E-state index in [-0.39, 0.29) is 5.91 Å². The molecule has 0 unspecified atom stereocenters. The van der Waals surface area contributed by atoms with Crippen LogP contribution in [0.5, 0.6) is 0 Å². The summed E-state index contributed by atoms with van der Waals surface area (Å²) in [5, 5.41) is 3.57. The Kier molecular flexibility index (Phi) is 5.13. The zero-order chi connectivity index (χ0) is 17.8. The number of aromatic nitrogens is 1. The van der Waals surface area contributed by atoms with Crippen LogP contribution < -0.4 is 10.2 Å². The van der Waals surface area contributed by atoms with E-state index in [4.69, 9.17) is 4.74 Å². The van der Waals surface area contributed by atoms with Gasteiger partial charge in [-0.2, -0.15) is 0 Å². The van der Waals surface area contributed by atoms with E-state index in [1.165, 1.54) is 5.56 Å². The summed E-state index contributed by atoms with van der Waals surface area (Å²) in [5.74, 6) is 0.959. The molecule has 2 aromatic rings. The second-order valence-electron chi connectivity index (χ2n) is 6.67. The Balaban J connectivity index is 1.43. The van der Waals surface area contributed by atoms with Crippen molar-refractivity contribution in [2.45, 2.75) is 6.04 Å². The molecule has 136 valence electrons. The van der Waals surface area contributed by atoms with E-state index in [2.05, 4.69) is 39.5 Å². The summed E-state index contributed by atoms with van der Waals surface area (Å²) in [6.45, 7) is 5.21. The molecule has 0 radical (unpaired) electrons. The molecule has 1 amide bonds. The molecule has 1 aromatic carbocycles. The average Bonchev–Trinajstić information content (AvgIpc) is 2.75. The fraction of sp³-hybridized carbons (Fsp3) is 0.400. The minimum Gasteiger partial charge on any atom is -0.378 e. The molecule has 2 fully saturated rings. The maximum Gasteiger partial charge on any atom is 0.255 e. The van der Waals surface area contributed by atoms with Crippen LogP contribution in [0.2, 0.25) is 0 Å². The molecule has 6 nitrogen and oxygen atoms in total. The van der Waals surface area contributed by atoms with Crippen LogP contribution in [0.3, 0.4) is 0 Å². The zero-order valence-electron chi connectivity index (χ0n) is 14.8. The number of hydrogen-bond donors (Lipinski definition) is 1. The molecule has 6 heteroatoms. The van der Waals surface area contributed by atoms with E-state index >= 15 is 0 Å². The Morgan fingerprint density at radius 1 is 1.08 bits per heavy atom. The third-order valence-electron chi connectivity index (χ3n) is 4.99. The highest BCUT2D eigenvalue weighted by molar-refractivity contribution is 5.94. The molecule has 0 saturated carbocycles. The minimum atomic E-state index is 0.0369. The molecule has 1 N–H and O–H groups in total. The minimum absolute atomic E-state index is 0.0369. The molecule has 26 heavy (non-hydrogen) atoms. The predicted octanol–water partition coefficient (Wildman–Crippen LogP) is 1.70. The fourth-order valence-electron chi connectivity index (χ4n) is 3.52. The van der Waals surface area contributed by atoms with Crippen LogP contribution in [0.25, 0.3) is 0 Å². The number of anilines is 1. The highest BCUT2D eigenvalue weighted by Crippen LogP contribution is 2.21. The largest absolute Gasteiger partial charge is 0.378 e. The van der Waals surface area contributed by atoms with Crippen molar-refractivity contribution >= 4 is 11.7 Å². The Hall–Kier alpha value is -2.44. The Morgan fingerprint density at radius 3 is 2.62 bits per heavy atom. The monoisotopic (exact) mass is 352 g/mol. The van der Waals surface area contributed by atoms with Crippen LogP contribution in [0, 0.1) is 0 Å². The number of piperazine rings is 1. The van der Waals surface area contributed by atoms with Crippen molar-refractivity contribution < 1.29 is 9.53 Å². The molecule has 2 aliphatic rings. The smallest absolute Gasteiger partial charge is 0.255 e. The quantitative estimate of drug-likeness (QED) is 0.911. The van der Waals surface area contributed by atoms with Crippen molar-refractivity contribution in [2.75, 3.05) is 50.8 Å². The lowest BCUT2D eigenvalue weighted by Crippen LogP contribution is -2.46. The van der Waals surface area contributed by atoms with Crippen LogP contribution in [-0.4, -0.2) is 61.7 Å². The number of ether oxygens (including phenoxy) is 1. The first-order chi connectivity index (χ1) is 12.8. The Bertz CT molecular complexity index is 729. The zero-order valence-corrected chi connectivity index (χ0v) is 14.8. The number of carbonyl (C=O) groups excluding carboxylic acids is 1. The van der Waals surface area contributed by atoms with Crippen molar-refractivity contribution in [1.82, 2.24) is 15.2 Å². The molecule has 0 bridgehead atoms. The standard InChI is InChI=1S/C20H24N4O2/c25-20(23-10-12-26-13-11-23)17-6-7-19(22-14-17)24-9-8-21-18(15-24)16-4-2-1-3-5-16/h1-7,14,18,21H,8-13,15H2/t18-/m0/s1. The molecule has 2 aliphatic heterocycles. The number of benzene rings is 1. The van der Waals surface area contributed by atoms with Crippen LogP contribution in [0.4, 0.5) is 5.82 Å². The highest BCUT2D eigenvalue weighted by Gasteiger charge is 2.23. The van der Waals surface area contributed by atoms with Gasteiger partial charge in [0.2, 0.25) is 0 Å². The average molecular weight is 352 g/mol. The second kappa shape index (κ2) is 7.85. The van der Waals surface area contributed by atoms with Gasteiger partial charge < -0.3 is 19.9 Å². The van der Waals surface area contributed by atoms with E-state index < -0.39 is 0 Å². The van der Waals surface area contributed by atoms with Crippen molar-refractivity contribution in [3.05, 3.63) is 59.8 Å². The van der Waals surface area contributed by atoms with E-state index in [1.807, 2.05) is 23.1 Å². The highest BCUT2D eigenvalue weighted by atomic mass is 16.5. The maximum absolute atomic E-state index is 12.5. The first kappa shape index (κ1) is 17.0. The number of pyridine rings is 1. The Labute approximate surface area is 153 Å². The first-order valence-electron chi connectivity index (χ1n) is 9.17. The van der Waals surface area contributed by atoms with Crippen molar-refractivity contribution in [2.24, 2.45) is 0 Å². The number of hydrogen-bond acceptors (Lipinski definition) is 5. The lowest BCUT2D eigenvalue weighted by molar-refractivity contribution is 0.0302. The first-order valence-corrected chi connectivity index (χ1v) is 9.17. The van der Waals surface area contributed by atoms with Gasteiger partial charge in [0.25, 0.3) is 5.91 Å². The summed E-state index contributed by atoms with van der Waals surface area (Å²) < 4.78 is 5.31. The van der Waals surface area contributed by atoms with Crippen LogP contribution in [0.1, 0.15) is 22.0 Å². The van der Waals surface area contributed by atoms with Gasteiger partial charge >= 0.3 is 0 Å². The van der Waals surface area contributed by atoms with Gasteiger partial charge in [-0.25, -0.2) is 4.98 Å². The SMILES string of the molecule is O=C(c1ccc(N2CCN[C@H](c3ccccc3)C2)nc1)N1CCOCC1. The van der Waals surface area contributed by atoms with Gasteiger partial charge in [-0.3, -0.25) is 4.79 Å². The van der Waals surface area contributed by atoms with E-state index in [9.17, 15) is 4.79 Å². The predicted molar refractivity (Wildman–Crippen MR) is 100 cm³/mol. The normalized spacial score (nSPS) is 20.8. The topological polar surface area (TPSA) is 57.7 Å². The molecule has 0 aliphatic carbocycles. The van der Waals surface area contributed by atoms with E-state index in [0.29, 0.717) is 37.9 Å². The second-order valence-corrected chi connectivity index (χ2v) is 6.67. The molecule has 4 rings (SSSR count). The summed E-state index contributed by atoms with van der Waals surface area (Å²) >= 11 is 0. The van der Waals surface area contributed by atoms with Crippen molar-refractivity contribution in [3.8, 4) is 0 Å². The van der Waals surface area contributed by atoms with Crippen LogP contribution in [0.15, 0.2) is 48.7 Å². The molecular weight excluding hydrogens is 328 g/mol. The third kappa shape index (κ3) is 3.71. The lowest BCUT2D eigenvalue weighted by atomic mass is 10.0. The molecule has 1 aromatic heterocycles. The lowest BCUT2D eigenvalue weighted by Gasteiger charge is -2.35. The van der Waals surface area contributed by atoms with Gasteiger partial charge in [0.1, 0.15) is 5.82 Å². The Morgan fingerprint density at radius 2 is 1.88 bits per heavy atom. The van der Waals surface area contributed by atoms with Crippen molar-refractivity contribution in [3.63, 3.8) is 0 Å². The third-order valence-corrected chi connectivity index (χ3v) is 4.99. The number of amides is 1. The number of nitrogens with zero attached hydrogens (tertiary/aromatic N) is 3. The summed E-state index contributed by atoms with van der Waals surface area (Å²) in [7, 11) is 0. The summed E-state index contributed by atoms with van der Waals surface area (Å²) in [5.41, 5.74) is 1.93. The number of morpholine rings is 1. The van der Waals surface area contributed by atoms with Crippen LogP contribution in [-0.2, 0) is 4.74 Å². The molecule has 1 atom stereocenters. The number of nitrogens with one attached hydrogen (secondary N) is 1. The van der Waals surface area contributed by atoms with Gasteiger partial charge in [0, 0.05) is 45.0 Å². The molecule has 0 spiro atoms. The number of carbonyl (C=O) groups is 1. The van der Waals surface area contributed by atoms with Crippen LogP contribution >= 0.6 is 0 Å². The summed E-state index contributed by atoms with van der Waals surface area (Å²) in [6, 6.07) is 14.6. The van der Waals surface area contributed by atoms with Crippen molar-refractivity contribution in [1.29, 1.82) is 0 Å². The van der Waals surface area contributed by atoms with Gasteiger partial charge in [-0.15, -0.1) is 0 Å². The van der Waals surface area contributed by atoms with Gasteiger partial charge in [-0.1, -0.05) is 30.3 Å². The van der Waals surface area contributed by atoms with Gasteiger partial charge in [-0.05, 0) is 17.7 Å².